The lowest BCUT2D eigenvalue weighted by atomic mass is 10.2. The fourth-order valence-electron chi connectivity index (χ4n) is 2.24. The van der Waals surface area contributed by atoms with E-state index in [0.29, 0.717) is 35.6 Å². The van der Waals surface area contributed by atoms with E-state index in [0.717, 1.165) is 12.1 Å². The molecular formula is C11H13BrN6O2. The van der Waals surface area contributed by atoms with Crippen molar-refractivity contribution < 1.29 is 4.79 Å². The molecule has 0 saturated heterocycles. The van der Waals surface area contributed by atoms with Crippen LogP contribution in [0.4, 0.5) is 0 Å². The third kappa shape index (κ3) is 1.98. The number of aryl methyl sites for hydroxylation is 1. The Labute approximate surface area is 122 Å². The van der Waals surface area contributed by atoms with Gasteiger partial charge in [-0.3, -0.25) is 14.5 Å². The number of carbonyl (C=O) groups excluding carboxylic acids is 1. The van der Waals surface area contributed by atoms with Gasteiger partial charge in [0.15, 0.2) is 11.5 Å². The summed E-state index contributed by atoms with van der Waals surface area (Å²) in [7, 11) is 0. The van der Waals surface area contributed by atoms with E-state index in [-0.39, 0.29) is 11.6 Å². The third-order valence-corrected chi connectivity index (χ3v) is 4.24. The number of halogens is 1. The van der Waals surface area contributed by atoms with Crippen molar-refractivity contribution in [3.63, 3.8) is 0 Å². The summed E-state index contributed by atoms with van der Waals surface area (Å²) in [5.41, 5.74) is 1.02. The van der Waals surface area contributed by atoms with E-state index in [1.54, 1.807) is 9.47 Å². The van der Waals surface area contributed by atoms with Crippen LogP contribution in [0, 0.1) is 0 Å². The summed E-state index contributed by atoms with van der Waals surface area (Å²) < 4.78 is 2.25. The Balaban J connectivity index is 1.85. The number of H-pyrrole nitrogens is 2. The van der Waals surface area contributed by atoms with Gasteiger partial charge in [0.1, 0.15) is 0 Å². The van der Waals surface area contributed by atoms with Gasteiger partial charge in [-0.2, -0.15) is 10.2 Å². The highest BCUT2D eigenvalue weighted by molar-refractivity contribution is 9.10. The summed E-state index contributed by atoms with van der Waals surface area (Å²) in [6.45, 7) is 3.19. The molecule has 0 aliphatic carbocycles. The summed E-state index contributed by atoms with van der Waals surface area (Å²) in [5.74, 6) is 0.395. The van der Waals surface area contributed by atoms with Crippen LogP contribution in [0.3, 0.4) is 0 Å². The minimum Gasteiger partial charge on any atom is -0.328 e. The van der Waals surface area contributed by atoms with Crippen LogP contribution >= 0.6 is 15.9 Å². The van der Waals surface area contributed by atoms with Crippen LogP contribution < -0.4 is 5.69 Å². The molecule has 3 heterocycles. The van der Waals surface area contributed by atoms with E-state index in [4.69, 9.17) is 0 Å². The Morgan fingerprint density at radius 2 is 2.15 bits per heavy atom. The number of nitrogens with zero attached hydrogens (tertiary/aromatic N) is 4. The third-order valence-electron chi connectivity index (χ3n) is 3.38. The maximum absolute atomic E-state index is 12.5. The van der Waals surface area contributed by atoms with Crippen LogP contribution in [-0.4, -0.2) is 42.3 Å². The molecule has 3 rings (SSSR count). The summed E-state index contributed by atoms with van der Waals surface area (Å²) >= 11 is 3.40. The molecular weight excluding hydrogens is 328 g/mol. The van der Waals surface area contributed by atoms with Crippen LogP contribution in [0.1, 0.15) is 28.9 Å². The molecule has 9 heteroatoms. The normalized spacial score (nSPS) is 14.4. The van der Waals surface area contributed by atoms with E-state index < -0.39 is 0 Å². The largest absolute Gasteiger partial charge is 0.343 e. The van der Waals surface area contributed by atoms with Gasteiger partial charge >= 0.3 is 5.69 Å². The average Bonchev–Trinajstić information content (AvgIpc) is 3.01. The molecule has 0 radical (unpaired) electrons. The Morgan fingerprint density at radius 3 is 2.85 bits per heavy atom. The molecule has 106 valence electrons. The van der Waals surface area contributed by atoms with Crippen LogP contribution in [0.15, 0.2) is 9.27 Å². The number of aromatic amines is 2. The Hall–Kier alpha value is -1.90. The molecule has 0 bridgehead atoms. The molecule has 2 aromatic heterocycles. The predicted octanol–water partition coefficient (Wildman–Crippen LogP) is 0.275. The summed E-state index contributed by atoms with van der Waals surface area (Å²) in [6, 6.07) is 0. The average molecular weight is 341 g/mol. The minimum absolute atomic E-state index is 0.172. The summed E-state index contributed by atoms with van der Waals surface area (Å²) in [5, 5.41) is 13.2. The lowest BCUT2D eigenvalue weighted by Crippen LogP contribution is -2.40. The van der Waals surface area contributed by atoms with Crippen molar-refractivity contribution in [2.24, 2.45) is 0 Å². The zero-order valence-corrected chi connectivity index (χ0v) is 12.4. The van der Waals surface area contributed by atoms with Crippen LogP contribution in [0.25, 0.3) is 0 Å². The maximum atomic E-state index is 12.5. The highest BCUT2D eigenvalue weighted by Gasteiger charge is 2.27. The number of hydrogen-bond donors (Lipinski definition) is 2. The zero-order valence-electron chi connectivity index (χ0n) is 10.8. The number of hydrogen-bond acceptors (Lipinski definition) is 4. The van der Waals surface area contributed by atoms with Gasteiger partial charge < -0.3 is 4.90 Å². The minimum atomic E-state index is -0.235. The Morgan fingerprint density at radius 1 is 1.35 bits per heavy atom. The fraction of sp³-hybridized carbons (Fsp3) is 0.455. The molecule has 0 spiro atoms. The SMILES string of the molecule is CCc1[nH]nc(C(=O)N2CCn3c(n[nH]c3=O)C2)c1Br. The fourth-order valence-corrected chi connectivity index (χ4v) is 2.86. The lowest BCUT2D eigenvalue weighted by Gasteiger charge is -2.26. The smallest absolute Gasteiger partial charge is 0.328 e. The number of fused-ring (bicyclic) bond motifs is 1. The number of carbonyl (C=O) groups is 1. The monoisotopic (exact) mass is 340 g/mol. The maximum Gasteiger partial charge on any atom is 0.343 e. The van der Waals surface area contributed by atoms with Crippen molar-refractivity contribution in [1.29, 1.82) is 0 Å². The first kappa shape index (κ1) is 13.1. The van der Waals surface area contributed by atoms with Crippen molar-refractivity contribution >= 4 is 21.8 Å². The zero-order chi connectivity index (χ0) is 14.3. The first-order chi connectivity index (χ1) is 9.61. The first-order valence-corrected chi connectivity index (χ1v) is 7.07. The van der Waals surface area contributed by atoms with E-state index >= 15 is 0 Å². The number of amides is 1. The number of rotatable bonds is 2. The molecule has 2 aromatic rings. The van der Waals surface area contributed by atoms with Crippen LogP contribution in [0.5, 0.6) is 0 Å². The predicted molar refractivity (Wildman–Crippen MR) is 73.3 cm³/mol. The molecule has 0 unspecified atom stereocenters. The van der Waals surface area contributed by atoms with Crippen LogP contribution in [-0.2, 0) is 19.5 Å². The van der Waals surface area contributed by atoms with Gasteiger partial charge in [-0.15, -0.1) is 0 Å². The van der Waals surface area contributed by atoms with E-state index in [1.165, 1.54) is 0 Å². The molecule has 1 amide bonds. The Kier molecular flexibility index (Phi) is 3.20. The van der Waals surface area contributed by atoms with Gasteiger partial charge in [0, 0.05) is 18.8 Å². The highest BCUT2D eigenvalue weighted by atomic mass is 79.9. The van der Waals surface area contributed by atoms with Crippen molar-refractivity contribution in [2.45, 2.75) is 26.4 Å². The van der Waals surface area contributed by atoms with Gasteiger partial charge in [-0.1, -0.05) is 6.92 Å². The van der Waals surface area contributed by atoms with Gasteiger partial charge in [-0.25, -0.2) is 9.89 Å². The molecule has 8 nitrogen and oxygen atoms in total. The molecule has 0 atom stereocenters. The van der Waals surface area contributed by atoms with E-state index in [1.807, 2.05) is 6.92 Å². The summed E-state index contributed by atoms with van der Waals surface area (Å²) in [4.78, 5) is 25.5. The Bertz CT molecular complexity index is 715. The molecule has 20 heavy (non-hydrogen) atoms. The number of nitrogens with one attached hydrogen (secondary N) is 2. The molecule has 2 N–H and O–H groups in total. The van der Waals surface area contributed by atoms with E-state index in [2.05, 4.69) is 36.3 Å². The van der Waals surface area contributed by atoms with E-state index in [9.17, 15) is 9.59 Å². The second-order valence-corrected chi connectivity index (χ2v) is 5.33. The second-order valence-electron chi connectivity index (χ2n) is 4.54. The van der Waals surface area contributed by atoms with Crippen molar-refractivity contribution in [2.75, 3.05) is 6.54 Å². The lowest BCUT2D eigenvalue weighted by molar-refractivity contribution is 0.0699. The molecule has 0 saturated carbocycles. The number of aromatic nitrogens is 5. The van der Waals surface area contributed by atoms with Gasteiger partial charge in [-0.05, 0) is 22.4 Å². The molecule has 0 aromatic carbocycles. The topological polar surface area (TPSA) is 99.7 Å². The highest BCUT2D eigenvalue weighted by Crippen LogP contribution is 2.22. The standard InChI is InChI=1S/C11H13BrN6O2/c1-2-6-8(12)9(15-13-6)10(19)17-3-4-18-7(5-17)14-16-11(18)20/h2-5H2,1H3,(H,13,15)(H,16,20). The van der Waals surface area contributed by atoms with Crippen molar-refractivity contribution in [1.82, 2.24) is 29.9 Å². The van der Waals surface area contributed by atoms with Crippen molar-refractivity contribution in [3.8, 4) is 0 Å². The van der Waals surface area contributed by atoms with Gasteiger partial charge in [0.25, 0.3) is 5.91 Å². The quantitative estimate of drug-likeness (QED) is 0.819. The van der Waals surface area contributed by atoms with Gasteiger partial charge in [0.05, 0.1) is 11.0 Å². The van der Waals surface area contributed by atoms with Gasteiger partial charge in [0.2, 0.25) is 0 Å². The molecule has 1 aliphatic rings. The molecule has 0 fully saturated rings. The first-order valence-electron chi connectivity index (χ1n) is 6.28. The molecule has 1 aliphatic heterocycles. The summed E-state index contributed by atoms with van der Waals surface area (Å²) in [6.07, 6.45) is 0.764. The van der Waals surface area contributed by atoms with Crippen molar-refractivity contribution in [3.05, 3.63) is 32.2 Å². The van der Waals surface area contributed by atoms with Crippen LogP contribution in [0.2, 0.25) is 0 Å². The second kappa shape index (κ2) is 4.89.